The molecule has 0 bridgehead atoms. The first-order chi connectivity index (χ1) is 9.72. The molecular formula is C16H18O4. The number of benzene rings is 1. The number of rotatable bonds is 4. The molecule has 4 heteroatoms. The van der Waals surface area contributed by atoms with Gasteiger partial charge in [-0.1, -0.05) is 42.5 Å². The van der Waals surface area contributed by atoms with E-state index in [0.29, 0.717) is 12.8 Å². The third kappa shape index (κ3) is 3.47. The molecular weight excluding hydrogens is 256 g/mol. The van der Waals surface area contributed by atoms with Crippen molar-refractivity contribution < 1.29 is 19.1 Å². The lowest BCUT2D eigenvalue weighted by molar-refractivity contribution is -0.160. The fourth-order valence-electron chi connectivity index (χ4n) is 2.32. The topological polar surface area (TPSA) is 52.6 Å². The first-order valence-electron chi connectivity index (χ1n) is 6.65. The van der Waals surface area contributed by atoms with Crippen LogP contribution < -0.4 is 0 Å². The van der Waals surface area contributed by atoms with Crippen molar-refractivity contribution in [1.29, 1.82) is 0 Å². The Hall–Kier alpha value is -2.10. The van der Waals surface area contributed by atoms with E-state index in [1.165, 1.54) is 7.11 Å². The van der Waals surface area contributed by atoms with Gasteiger partial charge in [0.2, 0.25) is 0 Å². The fourth-order valence-corrected chi connectivity index (χ4v) is 2.32. The van der Waals surface area contributed by atoms with Crippen molar-refractivity contribution in [3.05, 3.63) is 48.0 Å². The van der Waals surface area contributed by atoms with Crippen molar-refractivity contribution in [1.82, 2.24) is 0 Å². The standard InChI is InChI=1S/C16H18O4/c1-19-15(17)13-9-5-6-10-14(13)16(18)20-11-12-7-3-2-4-8-12/h2-8,13-14H,9-11H2,1H3. The number of methoxy groups -OCH3 is 1. The minimum atomic E-state index is -0.448. The van der Waals surface area contributed by atoms with Crippen LogP contribution in [0.2, 0.25) is 0 Å². The molecule has 0 heterocycles. The van der Waals surface area contributed by atoms with Gasteiger partial charge >= 0.3 is 11.9 Å². The van der Waals surface area contributed by atoms with Gasteiger partial charge in [-0.2, -0.15) is 0 Å². The van der Waals surface area contributed by atoms with E-state index in [9.17, 15) is 9.59 Å². The number of hydrogen-bond acceptors (Lipinski definition) is 4. The molecule has 2 rings (SSSR count). The van der Waals surface area contributed by atoms with Crippen LogP contribution in [0.3, 0.4) is 0 Å². The lowest BCUT2D eigenvalue weighted by Gasteiger charge is -2.24. The van der Waals surface area contributed by atoms with Gasteiger partial charge in [0.1, 0.15) is 6.61 Å². The first-order valence-corrected chi connectivity index (χ1v) is 6.65. The Morgan fingerprint density at radius 2 is 1.65 bits per heavy atom. The van der Waals surface area contributed by atoms with E-state index in [1.54, 1.807) is 0 Å². The van der Waals surface area contributed by atoms with E-state index in [-0.39, 0.29) is 18.5 Å². The summed E-state index contributed by atoms with van der Waals surface area (Å²) in [5.74, 6) is -1.57. The molecule has 0 fully saturated rings. The summed E-state index contributed by atoms with van der Waals surface area (Å²) in [6.07, 6.45) is 4.86. The monoisotopic (exact) mass is 274 g/mol. The van der Waals surface area contributed by atoms with Gasteiger partial charge in [-0.15, -0.1) is 0 Å². The number of carbonyl (C=O) groups is 2. The van der Waals surface area contributed by atoms with Gasteiger partial charge in [0.25, 0.3) is 0 Å². The Morgan fingerprint density at radius 3 is 2.25 bits per heavy atom. The summed E-state index contributed by atoms with van der Waals surface area (Å²) in [5, 5.41) is 0. The third-order valence-electron chi connectivity index (χ3n) is 3.46. The number of allylic oxidation sites excluding steroid dienone is 2. The molecule has 1 aliphatic carbocycles. The van der Waals surface area contributed by atoms with E-state index in [4.69, 9.17) is 9.47 Å². The lowest BCUT2D eigenvalue weighted by Crippen LogP contribution is -2.33. The molecule has 0 saturated heterocycles. The molecule has 0 radical (unpaired) electrons. The van der Waals surface area contributed by atoms with Gasteiger partial charge in [0.05, 0.1) is 18.9 Å². The molecule has 0 N–H and O–H groups in total. The Morgan fingerprint density at radius 1 is 1.05 bits per heavy atom. The molecule has 1 aromatic rings. The average Bonchev–Trinajstić information content (AvgIpc) is 2.52. The van der Waals surface area contributed by atoms with Gasteiger partial charge in [-0.25, -0.2) is 0 Å². The van der Waals surface area contributed by atoms with Crippen LogP contribution in [0.15, 0.2) is 42.5 Å². The molecule has 0 spiro atoms. The molecule has 0 amide bonds. The molecule has 4 nitrogen and oxygen atoms in total. The minimum absolute atomic E-state index is 0.230. The summed E-state index contributed by atoms with van der Waals surface area (Å²) in [5.41, 5.74) is 0.932. The molecule has 1 aromatic carbocycles. The highest BCUT2D eigenvalue weighted by atomic mass is 16.5. The maximum atomic E-state index is 12.1. The highest BCUT2D eigenvalue weighted by Gasteiger charge is 2.35. The minimum Gasteiger partial charge on any atom is -0.469 e. The predicted molar refractivity (Wildman–Crippen MR) is 73.6 cm³/mol. The maximum Gasteiger partial charge on any atom is 0.310 e. The summed E-state index contributed by atoms with van der Waals surface area (Å²) in [6, 6.07) is 9.48. The van der Waals surface area contributed by atoms with E-state index >= 15 is 0 Å². The van der Waals surface area contributed by atoms with Crippen molar-refractivity contribution in [2.24, 2.45) is 11.8 Å². The van der Waals surface area contributed by atoms with Crippen molar-refractivity contribution >= 4 is 11.9 Å². The highest BCUT2D eigenvalue weighted by Crippen LogP contribution is 2.28. The number of hydrogen-bond donors (Lipinski definition) is 0. The second-order valence-electron chi connectivity index (χ2n) is 4.77. The fraction of sp³-hybridized carbons (Fsp3) is 0.375. The van der Waals surface area contributed by atoms with Crippen LogP contribution in [0.5, 0.6) is 0 Å². The van der Waals surface area contributed by atoms with Crippen LogP contribution in [-0.4, -0.2) is 19.0 Å². The Balaban J connectivity index is 1.96. The average molecular weight is 274 g/mol. The smallest absolute Gasteiger partial charge is 0.310 e. The number of carbonyl (C=O) groups excluding carboxylic acids is 2. The largest absolute Gasteiger partial charge is 0.469 e. The van der Waals surface area contributed by atoms with Crippen molar-refractivity contribution in [3.8, 4) is 0 Å². The van der Waals surface area contributed by atoms with Crippen molar-refractivity contribution in [3.63, 3.8) is 0 Å². The summed E-state index contributed by atoms with van der Waals surface area (Å²) in [4.78, 5) is 23.8. The lowest BCUT2D eigenvalue weighted by atomic mass is 9.83. The van der Waals surface area contributed by atoms with Crippen LogP contribution in [0.1, 0.15) is 18.4 Å². The molecule has 0 aliphatic heterocycles. The van der Waals surface area contributed by atoms with E-state index in [0.717, 1.165) is 5.56 Å². The molecule has 2 atom stereocenters. The van der Waals surface area contributed by atoms with Gasteiger partial charge < -0.3 is 9.47 Å². The van der Waals surface area contributed by atoms with Crippen LogP contribution >= 0.6 is 0 Å². The number of esters is 2. The van der Waals surface area contributed by atoms with Crippen LogP contribution in [-0.2, 0) is 25.7 Å². The third-order valence-corrected chi connectivity index (χ3v) is 3.46. The summed E-state index contributed by atoms with van der Waals surface area (Å²) in [7, 11) is 1.34. The van der Waals surface area contributed by atoms with Gasteiger partial charge in [-0.3, -0.25) is 9.59 Å². The molecule has 1 aliphatic rings. The predicted octanol–water partition coefficient (Wildman–Crippen LogP) is 2.49. The second kappa shape index (κ2) is 6.89. The van der Waals surface area contributed by atoms with Gasteiger partial charge in [0.15, 0.2) is 0 Å². The van der Waals surface area contributed by atoms with Crippen LogP contribution in [0.25, 0.3) is 0 Å². The summed E-state index contributed by atoms with van der Waals surface area (Å²) < 4.78 is 10.1. The highest BCUT2D eigenvalue weighted by molar-refractivity contribution is 5.82. The van der Waals surface area contributed by atoms with E-state index in [1.807, 2.05) is 42.5 Å². The Labute approximate surface area is 118 Å². The van der Waals surface area contributed by atoms with E-state index < -0.39 is 11.8 Å². The maximum absolute atomic E-state index is 12.1. The van der Waals surface area contributed by atoms with Gasteiger partial charge in [0, 0.05) is 0 Å². The quantitative estimate of drug-likeness (QED) is 0.625. The van der Waals surface area contributed by atoms with Crippen LogP contribution in [0.4, 0.5) is 0 Å². The molecule has 20 heavy (non-hydrogen) atoms. The summed E-state index contributed by atoms with van der Waals surface area (Å²) >= 11 is 0. The van der Waals surface area contributed by atoms with E-state index in [2.05, 4.69) is 0 Å². The SMILES string of the molecule is COC(=O)C1CC=CCC1C(=O)OCc1ccccc1. The zero-order valence-electron chi connectivity index (χ0n) is 11.5. The van der Waals surface area contributed by atoms with Crippen LogP contribution in [0, 0.1) is 11.8 Å². The zero-order chi connectivity index (χ0) is 14.4. The second-order valence-corrected chi connectivity index (χ2v) is 4.77. The number of ether oxygens (including phenoxy) is 2. The zero-order valence-corrected chi connectivity index (χ0v) is 11.5. The van der Waals surface area contributed by atoms with Gasteiger partial charge in [-0.05, 0) is 18.4 Å². The first kappa shape index (κ1) is 14.3. The molecule has 0 saturated carbocycles. The Kier molecular flexibility index (Phi) is 4.93. The summed E-state index contributed by atoms with van der Waals surface area (Å²) in [6.45, 7) is 0.230. The van der Waals surface area contributed by atoms with Crippen molar-refractivity contribution in [2.45, 2.75) is 19.4 Å². The van der Waals surface area contributed by atoms with Crippen molar-refractivity contribution in [2.75, 3.05) is 7.11 Å². The Bertz CT molecular complexity index is 492. The normalized spacial score (nSPS) is 21.2. The molecule has 106 valence electrons. The molecule has 2 unspecified atom stereocenters. The molecule has 0 aromatic heterocycles.